The van der Waals surface area contributed by atoms with Gasteiger partial charge in [-0.05, 0) is 13.0 Å². The zero-order valence-electron chi connectivity index (χ0n) is 14.9. The minimum Gasteiger partial charge on any atom is -0.369 e. The van der Waals surface area contributed by atoms with E-state index in [2.05, 4.69) is 0 Å². The largest absolute Gasteiger partial charge is 0.369 e. The number of likely N-dealkylation sites (N-methyl/N-ethyl adjacent to an activating group) is 1. The van der Waals surface area contributed by atoms with Crippen molar-refractivity contribution >= 4 is 29.3 Å². The van der Waals surface area contributed by atoms with Crippen molar-refractivity contribution in [3.05, 3.63) is 90.5 Å². The molecule has 1 unspecified atom stereocenters. The van der Waals surface area contributed by atoms with Gasteiger partial charge in [-0.3, -0.25) is 4.79 Å². The molecular formula is C22H20NO3P. The van der Waals surface area contributed by atoms with E-state index in [0.717, 1.165) is 0 Å². The molecule has 0 fully saturated rings. The molecule has 3 aromatic carbocycles. The maximum absolute atomic E-state index is 14.7. The van der Waals surface area contributed by atoms with Crippen molar-refractivity contribution in [1.82, 2.24) is 0 Å². The number of anilines is 1. The van der Waals surface area contributed by atoms with E-state index in [0.29, 0.717) is 28.4 Å². The summed E-state index contributed by atoms with van der Waals surface area (Å²) >= 11 is 0. The molecule has 0 aromatic heterocycles. The van der Waals surface area contributed by atoms with E-state index in [-0.39, 0.29) is 0 Å². The van der Waals surface area contributed by atoms with Crippen LogP contribution in [0.1, 0.15) is 12.5 Å². The Balaban J connectivity index is 2.08. The summed E-state index contributed by atoms with van der Waals surface area (Å²) in [5.41, 5.74) is 1.01. The van der Waals surface area contributed by atoms with Gasteiger partial charge in [-0.25, -0.2) is 0 Å². The molecule has 4 rings (SSSR count). The Kier molecular flexibility index (Phi) is 4.26. The minimum atomic E-state index is -3.76. The first kappa shape index (κ1) is 17.7. The Morgan fingerprint density at radius 2 is 1.33 bits per heavy atom. The summed E-state index contributed by atoms with van der Waals surface area (Å²) in [6.07, 6.45) is 0. The number of carbonyl (C=O) groups is 1. The molecule has 1 heterocycles. The second kappa shape index (κ2) is 6.49. The van der Waals surface area contributed by atoms with E-state index in [1.165, 1.54) is 4.90 Å². The summed E-state index contributed by atoms with van der Waals surface area (Å²) in [5, 5.41) is 10.7. The van der Waals surface area contributed by atoms with Crippen molar-refractivity contribution in [2.75, 3.05) is 11.4 Å². The molecule has 1 amide bonds. The fourth-order valence-corrected chi connectivity index (χ4v) is 6.98. The van der Waals surface area contributed by atoms with Gasteiger partial charge in [0.2, 0.25) is 5.34 Å². The average Bonchev–Trinajstić information content (AvgIpc) is 2.96. The molecule has 1 aliphatic rings. The average molecular weight is 377 g/mol. The number of fused-ring (bicyclic) bond motifs is 1. The predicted molar refractivity (Wildman–Crippen MR) is 108 cm³/mol. The van der Waals surface area contributed by atoms with Gasteiger partial charge < -0.3 is 14.6 Å². The van der Waals surface area contributed by atoms with Crippen LogP contribution < -0.4 is 15.5 Å². The van der Waals surface area contributed by atoms with Crippen LogP contribution in [0.2, 0.25) is 0 Å². The third-order valence-corrected chi connectivity index (χ3v) is 8.52. The molecule has 27 heavy (non-hydrogen) atoms. The van der Waals surface area contributed by atoms with Crippen LogP contribution in [0.3, 0.4) is 0 Å². The van der Waals surface area contributed by atoms with Gasteiger partial charge in [-0.15, -0.1) is 0 Å². The molecule has 0 saturated heterocycles. The molecule has 0 saturated carbocycles. The quantitative estimate of drug-likeness (QED) is 0.711. The number of carbonyl (C=O) groups excluding carboxylic acids is 1. The van der Waals surface area contributed by atoms with Gasteiger partial charge >= 0.3 is 0 Å². The Labute approximate surface area is 158 Å². The zero-order valence-corrected chi connectivity index (χ0v) is 15.8. The van der Waals surface area contributed by atoms with Crippen LogP contribution in [0.4, 0.5) is 5.69 Å². The Bertz CT molecular complexity index is 992. The van der Waals surface area contributed by atoms with Crippen molar-refractivity contribution in [1.29, 1.82) is 0 Å². The first-order valence-corrected chi connectivity index (χ1v) is 10.6. The highest BCUT2D eigenvalue weighted by molar-refractivity contribution is 7.80. The van der Waals surface area contributed by atoms with Gasteiger partial charge in [-0.2, -0.15) is 0 Å². The van der Waals surface area contributed by atoms with E-state index < -0.39 is 18.4 Å². The summed E-state index contributed by atoms with van der Waals surface area (Å²) in [7, 11) is -3.76. The normalized spacial score (nSPS) is 19.2. The first-order chi connectivity index (χ1) is 13.0. The Morgan fingerprint density at radius 3 is 1.85 bits per heavy atom. The molecule has 1 atom stereocenters. The molecule has 1 aliphatic heterocycles. The number of hydrogen-bond acceptors (Lipinski definition) is 3. The lowest BCUT2D eigenvalue weighted by Crippen LogP contribution is -2.44. The molecule has 4 nitrogen and oxygen atoms in total. The lowest BCUT2D eigenvalue weighted by atomic mass is 10.1. The van der Waals surface area contributed by atoms with E-state index >= 15 is 0 Å². The molecule has 0 aliphatic carbocycles. The fourth-order valence-electron chi connectivity index (χ4n) is 3.83. The van der Waals surface area contributed by atoms with E-state index in [4.69, 9.17) is 0 Å². The standard InChI is InChI=1S/C22H20NO3P/c1-2-23-20-16-10-9-15-19(20)22(25,21(23)24)27(26,17-11-5-3-6-12-17)18-13-7-4-8-14-18/h3-16,25H,2H2,1H3. The fraction of sp³-hybridized carbons (Fsp3) is 0.136. The number of hydrogen-bond donors (Lipinski definition) is 1. The lowest BCUT2D eigenvalue weighted by molar-refractivity contribution is -0.128. The monoisotopic (exact) mass is 377 g/mol. The van der Waals surface area contributed by atoms with Crippen LogP contribution in [-0.4, -0.2) is 17.6 Å². The highest BCUT2D eigenvalue weighted by Crippen LogP contribution is 2.64. The summed E-state index contributed by atoms with van der Waals surface area (Å²) in [5.74, 6) is -0.540. The topological polar surface area (TPSA) is 57.6 Å². The van der Waals surface area contributed by atoms with Crippen molar-refractivity contribution < 1.29 is 14.5 Å². The highest BCUT2D eigenvalue weighted by atomic mass is 31.2. The smallest absolute Gasteiger partial charge is 0.272 e. The van der Waals surface area contributed by atoms with Gasteiger partial charge in [0.25, 0.3) is 5.91 Å². The number of aliphatic hydroxyl groups is 1. The number of benzene rings is 3. The van der Waals surface area contributed by atoms with Crippen molar-refractivity contribution in [3.8, 4) is 0 Å². The second-order valence-electron chi connectivity index (χ2n) is 6.52. The molecule has 3 aromatic rings. The number of amides is 1. The van der Waals surface area contributed by atoms with Crippen molar-refractivity contribution in [2.24, 2.45) is 0 Å². The van der Waals surface area contributed by atoms with Gasteiger partial charge in [0.1, 0.15) is 0 Å². The summed E-state index contributed by atoms with van der Waals surface area (Å²) < 4.78 is 14.7. The summed E-state index contributed by atoms with van der Waals surface area (Å²) in [4.78, 5) is 14.9. The third kappa shape index (κ3) is 2.34. The first-order valence-electron chi connectivity index (χ1n) is 8.90. The Hall–Kier alpha value is -2.68. The zero-order chi connectivity index (χ0) is 19.1. The maximum atomic E-state index is 14.7. The number of rotatable bonds is 4. The second-order valence-corrected chi connectivity index (χ2v) is 9.42. The molecular weight excluding hydrogens is 357 g/mol. The van der Waals surface area contributed by atoms with E-state index in [9.17, 15) is 14.5 Å². The summed E-state index contributed by atoms with van der Waals surface area (Å²) in [6.45, 7) is 2.23. The minimum absolute atomic E-state index is 0.391. The molecule has 5 heteroatoms. The van der Waals surface area contributed by atoms with Crippen LogP contribution in [0.15, 0.2) is 84.9 Å². The predicted octanol–water partition coefficient (Wildman–Crippen LogP) is 3.21. The van der Waals surface area contributed by atoms with Gasteiger partial charge in [0.05, 0.1) is 5.69 Å². The molecule has 0 spiro atoms. The van der Waals surface area contributed by atoms with Crippen molar-refractivity contribution in [3.63, 3.8) is 0 Å². The van der Waals surface area contributed by atoms with E-state index in [1.54, 1.807) is 66.7 Å². The highest BCUT2D eigenvalue weighted by Gasteiger charge is 2.62. The van der Waals surface area contributed by atoms with Gasteiger partial charge in [-0.1, -0.05) is 78.9 Å². The molecule has 1 N–H and O–H groups in total. The van der Waals surface area contributed by atoms with Crippen LogP contribution >= 0.6 is 7.14 Å². The van der Waals surface area contributed by atoms with Crippen LogP contribution in [-0.2, 0) is 14.7 Å². The summed E-state index contributed by atoms with van der Waals surface area (Å²) in [6, 6.07) is 24.7. The molecule has 0 bridgehead atoms. The maximum Gasteiger partial charge on any atom is 0.272 e. The van der Waals surface area contributed by atoms with Crippen molar-refractivity contribution in [2.45, 2.75) is 12.3 Å². The molecule has 136 valence electrons. The Morgan fingerprint density at radius 1 is 0.852 bits per heavy atom. The van der Waals surface area contributed by atoms with Gasteiger partial charge in [0, 0.05) is 22.7 Å². The SMILES string of the molecule is CCN1C(=O)C(O)(P(=O)(c2ccccc2)c2ccccc2)c2ccccc21. The van der Waals surface area contributed by atoms with Crippen LogP contribution in [0.5, 0.6) is 0 Å². The number of para-hydroxylation sites is 1. The molecule has 0 radical (unpaired) electrons. The van der Waals surface area contributed by atoms with Gasteiger partial charge in [0.15, 0.2) is 7.14 Å². The lowest BCUT2D eigenvalue weighted by Gasteiger charge is -2.33. The van der Waals surface area contributed by atoms with Crippen LogP contribution in [0.25, 0.3) is 0 Å². The number of nitrogens with zero attached hydrogens (tertiary/aromatic N) is 1. The van der Waals surface area contributed by atoms with E-state index in [1.807, 2.05) is 25.1 Å². The van der Waals surface area contributed by atoms with Crippen LogP contribution in [0, 0.1) is 0 Å². The third-order valence-electron chi connectivity index (χ3n) is 5.13.